The van der Waals surface area contributed by atoms with Gasteiger partial charge in [0.1, 0.15) is 9.71 Å². The molecule has 2 amide bonds. The fourth-order valence-corrected chi connectivity index (χ4v) is 5.69. The van der Waals surface area contributed by atoms with Gasteiger partial charge in [0.05, 0.1) is 19.3 Å². The molecule has 2 aromatic heterocycles. The zero-order valence-corrected chi connectivity index (χ0v) is 18.5. The van der Waals surface area contributed by atoms with Crippen LogP contribution >= 0.6 is 11.3 Å². The summed E-state index contributed by atoms with van der Waals surface area (Å²) in [5.41, 5.74) is 0.889. The Morgan fingerprint density at radius 3 is 2.90 bits per heavy atom. The lowest BCUT2D eigenvalue weighted by Gasteiger charge is -2.36. The molecular weight excluding hydrogens is 400 g/mol. The number of rotatable bonds is 5. The van der Waals surface area contributed by atoms with Gasteiger partial charge < -0.3 is 15.0 Å². The molecule has 7 nitrogen and oxygen atoms in total. The van der Waals surface area contributed by atoms with Gasteiger partial charge in [0.25, 0.3) is 5.91 Å². The summed E-state index contributed by atoms with van der Waals surface area (Å²) in [6.45, 7) is 2.24. The number of nitrogens with zero attached hydrogens (tertiary/aromatic N) is 3. The average molecular weight is 431 g/mol. The summed E-state index contributed by atoms with van der Waals surface area (Å²) in [7, 11) is 3.58. The maximum atomic E-state index is 12.9. The van der Waals surface area contributed by atoms with Crippen molar-refractivity contribution in [3.05, 3.63) is 28.8 Å². The summed E-state index contributed by atoms with van der Waals surface area (Å²) in [5, 5.41) is 3.69. The number of hydrogen-bond acceptors (Lipinski definition) is 6. The second kappa shape index (κ2) is 9.41. The number of morpholine rings is 1. The average Bonchev–Trinajstić information content (AvgIpc) is 3.18. The minimum atomic E-state index is -0.253. The predicted molar refractivity (Wildman–Crippen MR) is 118 cm³/mol. The summed E-state index contributed by atoms with van der Waals surface area (Å²) in [6, 6.07) is 4.25. The van der Waals surface area contributed by atoms with Crippen molar-refractivity contribution in [3.8, 4) is 0 Å². The Hall–Kier alpha value is -2.03. The van der Waals surface area contributed by atoms with Gasteiger partial charge in [0.2, 0.25) is 5.91 Å². The van der Waals surface area contributed by atoms with Crippen LogP contribution in [-0.4, -0.2) is 73.0 Å². The van der Waals surface area contributed by atoms with Crippen LogP contribution in [0.3, 0.4) is 0 Å². The third-order valence-corrected chi connectivity index (χ3v) is 7.41. The Kier molecular flexibility index (Phi) is 6.65. The number of fused-ring (bicyclic) bond motifs is 1. The molecule has 30 heavy (non-hydrogen) atoms. The van der Waals surface area contributed by atoms with E-state index in [0.29, 0.717) is 30.6 Å². The number of carbonyl (C=O) groups excluding carboxylic acids is 2. The molecule has 2 aliphatic rings. The second-order valence-electron chi connectivity index (χ2n) is 8.17. The normalized spacial score (nSPS) is 20.9. The van der Waals surface area contributed by atoms with Crippen LogP contribution in [0, 0.1) is 0 Å². The lowest BCUT2D eigenvalue weighted by molar-refractivity contribution is -0.135. The van der Waals surface area contributed by atoms with Gasteiger partial charge in [-0.2, -0.15) is 0 Å². The smallest absolute Gasteiger partial charge is 0.261 e. The van der Waals surface area contributed by atoms with Gasteiger partial charge in [-0.05, 0) is 18.9 Å². The van der Waals surface area contributed by atoms with Gasteiger partial charge in [-0.1, -0.05) is 25.3 Å². The highest BCUT2D eigenvalue weighted by atomic mass is 32.1. The molecule has 1 aliphatic carbocycles. The van der Waals surface area contributed by atoms with Crippen molar-refractivity contribution in [2.24, 2.45) is 0 Å². The predicted octanol–water partition coefficient (Wildman–Crippen LogP) is 2.82. The molecule has 1 N–H and O–H groups in total. The van der Waals surface area contributed by atoms with Crippen LogP contribution in [-0.2, 0) is 9.53 Å². The first kappa shape index (κ1) is 21.2. The zero-order chi connectivity index (χ0) is 21.1. The molecule has 0 spiro atoms. The molecule has 2 fully saturated rings. The highest BCUT2D eigenvalue weighted by Gasteiger charge is 2.31. The van der Waals surface area contributed by atoms with E-state index in [4.69, 9.17) is 4.74 Å². The summed E-state index contributed by atoms with van der Waals surface area (Å²) in [6.07, 6.45) is 7.41. The monoisotopic (exact) mass is 430 g/mol. The Bertz CT molecular complexity index is 909. The van der Waals surface area contributed by atoms with E-state index in [0.717, 1.165) is 35.2 Å². The van der Waals surface area contributed by atoms with Crippen LogP contribution in [0.1, 0.15) is 53.4 Å². The third kappa shape index (κ3) is 4.36. The number of thiophene rings is 1. The Morgan fingerprint density at radius 1 is 1.33 bits per heavy atom. The molecule has 4 rings (SSSR count). The first-order valence-electron chi connectivity index (χ1n) is 10.8. The first-order valence-corrected chi connectivity index (χ1v) is 11.6. The van der Waals surface area contributed by atoms with Crippen molar-refractivity contribution in [3.63, 3.8) is 0 Å². The van der Waals surface area contributed by atoms with Gasteiger partial charge in [-0.3, -0.25) is 14.5 Å². The maximum absolute atomic E-state index is 12.9. The topological polar surface area (TPSA) is 74.8 Å². The number of amides is 2. The molecule has 162 valence electrons. The fraction of sp³-hybridized carbons (Fsp3) is 0.591. The molecule has 1 aliphatic heterocycles. The van der Waals surface area contributed by atoms with Crippen molar-refractivity contribution < 1.29 is 14.3 Å². The van der Waals surface area contributed by atoms with Crippen LogP contribution in [0.4, 0.5) is 0 Å². The Labute approximate surface area is 181 Å². The van der Waals surface area contributed by atoms with Crippen LogP contribution in [0.25, 0.3) is 10.2 Å². The molecule has 1 unspecified atom stereocenters. The highest BCUT2D eigenvalue weighted by molar-refractivity contribution is 7.20. The van der Waals surface area contributed by atoms with Crippen molar-refractivity contribution in [1.82, 2.24) is 20.1 Å². The minimum absolute atomic E-state index is 0.123. The van der Waals surface area contributed by atoms with Crippen LogP contribution in [0.5, 0.6) is 0 Å². The van der Waals surface area contributed by atoms with Crippen LogP contribution in [0.2, 0.25) is 0 Å². The number of nitrogens with one attached hydrogen (secondary N) is 1. The van der Waals surface area contributed by atoms with Crippen molar-refractivity contribution in [2.45, 2.75) is 44.2 Å². The first-order chi connectivity index (χ1) is 14.6. The molecule has 0 radical (unpaired) electrons. The SMILES string of the molecule is CNC(=O)c1sc2ncccc2c1C1CN(CC(=O)N(C)C2CCCCC2)CCO1. The quantitative estimate of drug-likeness (QED) is 0.790. The maximum Gasteiger partial charge on any atom is 0.261 e. The van der Waals surface area contributed by atoms with Crippen molar-refractivity contribution in [2.75, 3.05) is 40.3 Å². The molecule has 0 aromatic carbocycles. The molecule has 1 saturated carbocycles. The standard InChI is InChI=1S/C22H30N4O3S/c1-23-21(28)20-19(16-9-6-10-24-22(16)30-20)17-13-26(11-12-29-17)14-18(27)25(2)15-7-4-3-5-8-15/h6,9-10,15,17H,3-5,7-8,11-14H2,1-2H3,(H,23,28). The van der Waals surface area contributed by atoms with E-state index in [-0.39, 0.29) is 17.9 Å². The van der Waals surface area contributed by atoms with E-state index in [1.165, 1.54) is 30.6 Å². The highest BCUT2D eigenvalue weighted by Crippen LogP contribution is 2.37. The number of hydrogen-bond donors (Lipinski definition) is 1. The number of aromatic nitrogens is 1. The number of ether oxygens (including phenoxy) is 1. The van der Waals surface area contributed by atoms with Crippen LogP contribution < -0.4 is 5.32 Å². The Balaban J connectivity index is 1.50. The van der Waals surface area contributed by atoms with E-state index in [1.54, 1.807) is 13.2 Å². The summed E-state index contributed by atoms with van der Waals surface area (Å²) in [4.78, 5) is 35.4. The molecule has 2 aromatic rings. The molecule has 8 heteroatoms. The van der Waals surface area contributed by atoms with E-state index >= 15 is 0 Å². The van der Waals surface area contributed by atoms with E-state index in [2.05, 4.69) is 15.2 Å². The lowest BCUT2D eigenvalue weighted by atomic mass is 9.94. The molecule has 1 saturated heterocycles. The zero-order valence-electron chi connectivity index (χ0n) is 17.7. The third-order valence-electron chi connectivity index (χ3n) is 6.29. The summed E-state index contributed by atoms with van der Waals surface area (Å²) >= 11 is 1.39. The van der Waals surface area contributed by atoms with Gasteiger partial charge >= 0.3 is 0 Å². The molecule has 0 bridgehead atoms. The van der Waals surface area contributed by atoms with Crippen molar-refractivity contribution in [1.29, 1.82) is 0 Å². The van der Waals surface area contributed by atoms with E-state index in [9.17, 15) is 9.59 Å². The summed E-state index contributed by atoms with van der Waals surface area (Å²) in [5.74, 6) is 0.0488. The van der Waals surface area contributed by atoms with Crippen LogP contribution in [0.15, 0.2) is 18.3 Å². The number of carbonyl (C=O) groups is 2. The van der Waals surface area contributed by atoms with E-state index in [1.807, 2.05) is 24.1 Å². The molecular formula is C22H30N4O3S. The minimum Gasteiger partial charge on any atom is -0.371 e. The number of pyridine rings is 1. The molecule has 3 heterocycles. The van der Waals surface area contributed by atoms with Gasteiger partial charge in [-0.15, -0.1) is 11.3 Å². The second-order valence-corrected chi connectivity index (χ2v) is 9.17. The largest absolute Gasteiger partial charge is 0.371 e. The Morgan fingerprint density at radius 2 is 2.13 bits per heavy atom. The van der Waals surface area contributed by atoms with Gasteiger partial charge in [-0.25, -0.2) is 4.98 Å². The molecule has 1 atom stereocenters. The van der Waals surface area contributed by atoms with E-state index < -0.39 is 0 Å². The summed E-state index contributed by atoms with van der Waals surface area (Å²) < 4.78 is 6.09. The van der Waals surface area contributed by atoms with Gasteiger partial charge in [0.15, 0.2) is 0 Å². The van der Waals surface area contributed by atoms with Crippen molar-refractivity contribution >= 4 is 33.4 Å². The van der Waals surface area contributed by atoms with Gasteiger partial charge in [0, 0.05) is 50.4 Å². The number of likely N-dealkylation sites (N-methyl/N-ethyl adjacent to an activating group) is 1. The fourth-order valence-electron chi connectivity index (χ4n) is 4.55. The lowest BCUT2D eigenvalue weighted by Crippen LogP contribution is -2.47.